The first kappa shape index (κ1) is 14.2. The highest BCUT2D eigenvalue weighted by Gasteiger charge is 2.11. The molecule has 0 radical (unpaired) electrons. The molecule has 0 heterocycles. The Hall–Kier alpha value is -2.23. The second-order valence-corrected chi connectivity index (χ2v) is 4.58. The van der Waals surface area contributed by atoms with Gasteiger partial charge in [-0.25, -0.2) is 4.39 Å². The van der Waals surface area contributed by atoms with Crippen molar-refractivity contribution >= 4 is 5.69 Å². The van der Waals surface area contributed by atoms with Crippen molar-refractivity contribution in [2.75, 3.05) is 12.8 Å². The van der Waals surface area contributed by atoms with Gasteiger partial charge in [-0.05, 0) is 42.7 Å². The Morgan fingerprint density at radius 2 is 1.85 bits per heavy atom. The molecule has 0 amide bonds. The van der Waals surface area contributed by atoms with E-state index in [1.807, 2.05) is 18.2 Å². The topological polar surface area (TPSA) is 44.5 Å². The zero-order chi connectivity index (χ0) is 14.7. The van der Waals surface area contributed by atoms with Crippen molar-refractivity contribution in [3.8, 4) is 17.2 Å². The molecular formula is C16H18FNO2. The van der Waals surface area contributed by atoms with E-state index in [-0.39, 0.29) is 11.5 Å². The minimum absolute atomic E-state index is 0.259. The first-order valence-electron chi connectivity index (χ1n) is 6.45. The van der Waals surface area contributed by atoms with E-state index in [0.717, 1.165) is 12.0 Å². The molecule has 0 aliphatic heterocycles. The Labute approximate surface area is 118 Å². The van der Waals surface area contributed by atoms with Gasteiger partial charge >= 0.3 is 0 Å². The van der Waals surface area contributed by atoms with Crippen molar-refractivity contribution in [1.29, 1.82) is 0 Å². The fraction of sp³-hybridized carbons (Fsp3) is 0.250. The minimum Gasteiger partial charge on any atom is -0.493 e. The zero-order valence-corrected chi connectivity index (χ0v) is 11.9. The highest BCUT2D eigenvalue weighted by atomic mass is 19.1. The molecule has 3 nitrogen and oxygen atoms in total. The van der Waals surface area contributed by atoms with Crippen LogP contribution >= 0.6 is 0 Å². The average Bonchev–Trinajstić information content (AvgIpc) is 2.45. The van der Waals surface area contributed by atoms with Gasteiger partial charge in [-0.1, -0.05) is 13.0 Å². The Bertz CT molecular complexity index is 626. The molecule has 2 aromatic carbocycles. The van der Waals surface area contributed by atoms with Gasteiger partial charge in [0.1, 0.15) is 5.82 Å². The van der Waals surface area contributed by atoms with Crippen molar-refractivity contribution in [2.45, 2.75) is 20.3 Å². The molecule has 0 atom stereocenters. The molecule has 0 spiro atoms. The van der Waals surface area contributed by atoms with Crippen molar-refractivity contribution in [2.24, 2.45) is 0 Å². The number of hydrogen-bond acceptors (Lipinski definition) is 3. The summed E-state index contributed by atoms with van der Waals surface area (Å²) in [6, 6.07) is 8.55. The van der Waals surface area contributed by atoms with Gasteiger partial charge < -0.3 is 15.2 Å². The van der Waals surface area contributed by atoms with Crippen molar-refractivity contribution in [3.05, 3.63) is 47.3 Å². The summed E-state index contributed by atoms with van der Waals surface area (Å²) in [5.41, 5.74) is 7.67. The van der Waals surface area contributed by atoms with E-state index < -0.39 is 0 Å². The fourth-order valence-electron chi connectivity index (χ4n) is 1.89. The number of rotatable bonds is 4. The molecule has 2 aromatic rings. The third-order valence-corrected chi connectivity index (χ3v) is 3.15. The Kier molecular flexibility index (Phi) is 4.13. The van der Waals surface area contributed by atoms with Crippen molar-refractivity contribution in [1.82, 2.24) is 0 Å². The molecule has 0 bridgehead atoms. The number of benzene rings is 2. The molecule has 4 heteroatoms. The Morgan fingerprint density at radius 1 is 1.10 bits per heavy atom. The number of nitrogen functional groups attached to an aromatic ring is 1. The summed E-state index contributed by atoms with van der Waals surface area (Å²) in [5, 5.41) is 0. The predicted molar refractivity (Wildman–Crippen MR) is 78.0 cm³/mol. The highest BCUT2D eigenvalue weighted by molar-refractivity contribution is 5.57. The first-order chi connectivity index (χ1) is 9.55. The largest absolute Gasteiger partial charge is 0.493 e. The summed E-state index contributed by atoms with van der Waals surface area (Å²) in [4.78, 5) is 0. The maximum atomic E-state index is 13.4. The van der Waals surface area contributed by atoms with E-state index in [1.54, 1.807) is 20.1 Å². The lowest BCUT2D eigenvalue weighted by atomic mass is 10.1. The maximum absolute atomic E-state index is 13.4. The van der Waals surface area contributed by atoms with Crippen LogP contribution in [0.5, 0.6) is 17.2 Å². The van der Waals surface area contributed by atoms with Gasteiger partial charge in [0, 0.05) is 6.07 Å². The van der Waals surface area contributed by atoms with E-state index in [9.17, 15) is 4.39 Å². The normalized spacial score (nSPS) is 10.4. The van der Waals surface area contributed by atoms with E-state index in [4.69, 9.17) is 15.2 Å². The number of ether oxygens (including phenoxy) is 2. The lowest BCUT2D eigenvalue weighted by Crippen LogP contribution is -1.97. The summed E-state index contributed by atoms with van der Waals surface area (Å²) in [5.74, 6) is 1.27. The van der Waals surface area contributed by atoms with Crippen LogP contribution in [0.1, 0.15) is 18.1 Å². The SMILES string of the molecule is CCc1ccc(Oc2cc(C)c(F)cc2N)c(OC)c1. The molecule has 0 saturated heterocycles. The van der Waals surface area contributed by atoms with Crippen LogP contribution in [0.3, 0.4) is 0 Å². The second-order valence-electron chi connectivity index (χ2n) is 4.58. The molecular weight excluding hydrogens is 257 g/mol. The molecule has 20 heavy (non-hydrogen) atoms. The summed E-state index contributed by atoms with van der Waals surface area (Å²) >= 11 is 0. The first-order valence-corrected chi connectivity index (χ1v) is 6.45. The number of halogens is 1. The second kappa shape index (κ2) is 5.82. The van der Waals surface area contributed by atoms with Crippen LogP contribution in [-0.2, 0) is 6.42 Å². The predicted octanol–water partition coefficient (Wildman–Crippen LogP) is 4.08. The number of methoxy groups -OCH3 is 1. The molecule has 0 aromatic heterocycles. The lowest BCUT2D eigenvalue weighted by Gasteiger charge is -2.13. The van der Waals surface area contributed by atoms with E-state index in [0.29, 0.717) is 22.8 Å². The Morgan fingerprint density at radius 3 is 2.50 bits per heavy atom. The van der Waals surface area contributed by atoms with Crippen LogP contribution in [0.2, 0.25) is 0 Å². The van der Waals surface area contributed by atoms with Crippen LogP contribution in [0.15, 0.2) is 30.3 Å². The summed E-state index contributed by atoms with van der Waals surface area (Å²) in [6.45, 7) is 3.73. The number of anilines is 1. The molecule has 2 N–H and O–H groups in total. The van der Waals surface area contributed by atoms with Gasteiger partial charge in [0.15, 0.2) is 17.2 Å². The number of aryl methyl sites for hydroxylation is 2. The molecule has 0 unspecified atom stereocenters. The van der Waals surface area contributed by atoms with E-state index in [2.05, 4.69) is 6.92 Å². The molecule has 0 fully saturated rings. The molecule has 0 aliphatic rings. The van der Waals surface area contributed by atoms with Crippen LogP contribution in [0.4, 0.5) is 10.1 Å². The van der Waals surface area contributed by atoms with Gasteiger partial charge in [-0.2, -0.15) is 0 Å². The van der Waals surface area contributed by atoms with Gasteiger partial charge in [0.05, 0.1) is 12.8 Å². The van der Waals surface area contributed by atoms with Crippen molar-refractivity contribution in [3.63, 3.8) is 0 Å². The summed E-state index contributed by atoms with van der Waals surface area (Å²) < 4.78 is 24.4. The van der Waals surface area contributed by atoms with E-state index >= 15 is 0 Å². The third kappa shape index (κ3) is 2.85. The summed E-state index contributed by atoms with van der Waals surface area (Å²) in [6.07, 6.45) is 0.911. The number of hydrogen-bond donors (Lipinski definition) is 1. The molecule has 0 aliphatic carbocycles. The van der Waals surface area contributed by atoms with Crippen LogP contribution in [0, 0.1) is 12.7 Å². The zero-order valence-electron chi connectivity index (χ0n) is 11.9. The van der Waals surface area contributed by atoms with Crippen molar-refractivity contribution < 1.29 is 13.9 Å². The molecule has 106 valence electrons. The van der Waals surface area contributed by atoms with Gasteiger partial charge in [0.25, 0.3) is 0 Å². The fourth-order valence-corrected chi connectivity index (χ4v) is 1.89. The highest BCUT2D eigenvalue weighted by Crippen LogP contribution is 2.35. The van der Waals surface area contributed by atoms with Gasteiger partial charge in [0.2, 0.25) is 0 Å². The van der Waals surface area contributed by atoms with Crippen LogP contribution < -0.4 is 15.2 Å². The lowest BCUT2D eigenvalue weighted by molar-refractivity contribution is 0.378. The smallest absolute Gasteiger partial charge is 0.169 e. The monoisotopic (exact) mass is 275 g/mol. The van der Waals surface area contributed by atoms with Gasteiger partial charge in [-0.15, -0.1) is 0 Å². The maximum Gasteiger partial charge on any atom is 0.169 e. The van der Waals surface area contributed by atoms with Gasteiger partial charge in [-0.3, -0.25) is 0 Å². The summed E-state index contributed by atoms with van der Waals surface area (Å²) in [7, 11) is 1.58. The molecule has 0 saturated carbocycles. The molecule has 2 rings (SSSR count). The minimum atomic E-state index is -0.344. The van der Waals surface area contributed by atoms with Crippen LogP contribution in [0.25, 0.3) is 0 Å². The number of nitrogens with two attached hydrogens (primary N) is 1. The van der Waals surface area contributed by atoms with Crippen LogP contribution in [-0.4, -0.2) is 7.11 Å². The average molecular weight is 275 g/mol. The Balaban J connectivity index is 2.37. The van der Waals surface area contributed by atoms with E-state index in [1.165, 1.54) is 6.07 Å². The quantitative estimate of drug-likeness (QED) is 0.855. The standard InChI is InChI=1S/C16H18FNO2/c1-4-11-5-6-14(16(8-11)19-3)20-15-7-10(2)12(17)9-13(15)18/h5-9H,4,18H2,1-3H3. The third-order valence-electron chi connectivity index (χ3n) is 3.15.